The molecule has 116 valence electrons. The molecule has 1 aromatic rings. The minimum atomic E-state index is -0.370. The number of nitrogens with one attached hydrogen (secondary N) is 3. The van der Waals surface area contributed by atoms with E-state index in [1.807, 2.05) is 0 Å². The summed E-state index contributed by atoms with van der Waals surface area (Å²) in [5.74, 6) is -0.498. The Morgan fingerprint density at radius 2 is 1.76 bits per heavy atom. The zero-order chi connectivity index (χ0) is 15.5. The van der Waals surface area contributed by atoms with Crippen LogP contribution < -0.4 is 21.8 Å². The van der Waals surface area contributed by atoms with Gasteiger partial charge in [-0.15, -0.1) is 0 Å². The normalized spacial score (nSPS) is 10.1. The molecule has 2 amide bonds. The van der Waals surface area contributed by atoms with Gasteiger partial charge in [0.25, 0.3) is 5.91 Å². The van der Waals surface area contributed by atoms with Crippen LogP contribution >= 0.6 is 0 Å². The summed E-state index contributed by atoms with van der Waals surface area (Å²) in [6, 6.07) is 6.75. The number of rotatable bonds is 9. The van der Waals surface area contributed by atoms with Crippen molar-refractivity contribution in [3.8, 4) is 0 Å². The van der Waals surface area contributed by atoms with Gasteiger partial charge in [0.1, 0.15) is 0 Å². The van der Waals surface area contributed by atoms with Crippen LogP contribution in [0.15, 0.2) is 24.3 Å². The second kappa shape index (κ2) is 9.73. The van der Waals surface area contributed by atoms with Crippen LogP contribution in [0.2, 0.25) is 0 Å². The number of carbonyl (C=O) groups is 2. The fourth-order valence-corrected chi connectivity index (χ4v) is 1.72. The van der Waals surface area contributed by atoms with Gasteiger partial charge in [-0.05, 0) is 43.7 Å². The number of amides is 2. The Bertz CT molecular complexity index is 448. The van der Waals surface area contributed by atoms with Crippen molar-refractivity contribution in [2.75, 3.05) is 25.4 Å². The molecule has 0 saturated carbocycles. The zero-order valence-electron chi connectivity index (χ0n) is 11.9. The number of benzene rings is 1. The standard InChI is InChI=1S/C14H22N4O3/c15-12-6-4-11(5-7-12)14(20)17-10-9-16-8-2-1-3-13(19)18-21/h4-7,16,21H,1-3,8-10,15H2,(H,17,20)(H,18,19). The van der Waals surface area contributed by atoms with E-state index in [0.717, 1.165) is 13.0 Å². The minimum absolute atomic E-state index is 0.128. The number of anilines is 1. The fraction of sp³-hybridized carbons (Fsp3) is 0.429. The van der Waals surface area contributed by atoms with Crippen molar-refractivity contribution in [1.82, 2.24) is 16.1 Å². The molecule has 0 atom stereocenters. The maximum atomic E-state index is 11.8. The Balaban J connectivity index is 2.02. The van der Waals surface area contributed by atoms with E-state index in [1.165, 1.54) is 0 Å². The molecule has 0 aliphatic heterocycles. The van der Waals surface area contributed by atoms with Crippen LogP contribution in [-0.2, 0) is 4.79 Å². The molecule has 7 heteroatoms. The topological polar surface area (TPSA) is 116 Å². The number of unbranched alkanes of at least 4 members (excludes halogenated alkanes) is 1. The number of hydroxylamine groups is 1. The Hall–Kier alpha value is -2.12. The van der Waals surface area contributed by atoms with Crippen molar-refractivity contribution in [3.05, 3.63) is 29.8 Å². The summed E-state index contributed by atoms with van der Waals surface area (Å²) < 4.78 is 0. The highest BCUT2D eigenvalue weighted by Crippen LogP contribution is 2.04. The van der Waals surface area contributed by atoms with Crippen LogP contribution in [-0.4, -0.2) is 36.7 Å². The van der Waals surface area contributed by atoms with Gasteiger partial charge in [0.15, 0.2) is 0 Å². The van der Waals surface area contributed by atoms with Gasteiger partial charge in [-0.3, -0.25) is 14.8 Å². The molecule has 1 aromatic carbocycles. The monoisotopic (exact) mass is 294 g/mol. The molecule has 0 fully saturated rings. The highest BCUT2D eigenvalue weighted by Gasteiger charge is 2.03. The number of hydrogen-bond acceptors (Lipinski definition) is 5. The molecule has 0 radical (unpaired) electrons. The SMILES string of the molecule is Nc1ccc(C(=O)NCCNCCCCC(=O)NO)cc1. The Kier molecular flexibility index (Phi) is 7.85. The molecule has 1 rings (SSSR count). The average molecular weight is 294 g/mol. The van der Waals surface area contributed by atoms with E-state index in [4.69, 9.17) is 10.9 Å². The first-order valence-corrected chi connectivity index (χ1v) is 6.91. The largest absolute Gasteiger partial charge is 0.399 e. The van der Waals surface area contributed by atoms with Gasteiger partial charge >= 0.3 is 0 Å². The molecule has 0 spiro atoms. The number of nitrogens with two attached hydrogens (primary N) is 1. The van der Waals surface area contributed by atoms with Crippen LogP contribution in [0.4, 0.5) is 5.69 Å². The van der Waals surface area contributed by atoms with Crippen LogP contribution in [0.1, 0.15) is 29.6 Å². The predicted octanol–water partition coefficient (Wildman–Crippen LogP) is 0.264. The lowest BCUT2D eigenvalue weighted by Crippen LogP contribution is -2.32. The smallest absolute Gasteiger partial charge is 0.251 e. The van der Waals surface area contributed by atoms with Gasteiger partial charge in [-0.2, -0.15) is 0 Å². The first kappa shape index (κ1) is 16.9. The van der Waals surface area contributed by atoms with E-state index in [0.29, 0.717) is 37.2 Å². The van der Waals surface area contributed by atoms with E-state index in [-0.39, 0.29) is 11.8 Å². The molecule has 0 aliphatic rings. The van der Waals surface area contributed by atoms with Crippen LogP contribution in [0, 0.1) is 0 Å². The summed E-state index contributed by atoms with van der Waals surface area (Å²) >= 11 is 0. The summed E-state index contributed by atoms with van der Waals surface area (Å²) in [6.45, 7) is 1.95. The lowest BCUT2D eigenvalue weighted by atomic mass is 10.2. The molecule has 6 N–H and O–H groups in total. The van der Waals surface area contributed by atoms with Crippen molar-refractivity contribution >= 4 is 17.5 Å². The van der Waals surface area contributed by atoms with Crippen LogP contribution in [0.3, 0.4) is 0 Å². The molecular formula is C14H22N4O3. The maximum Gasteiger partial charge on any atom is 0.251 e. The highest BCUT2D eigenvalue weighted by atomic mass is 16.5. The third-order valence-corrected chi connectivity index (χ3v) is 2.89. The van der Waals surface area contributed by atoms with Crippen molar-refractivity contribution in [1.29, 1.82) is 0 Å². The Morgan fingerprint density at radius 3 is 2.43 bits per heavy atom. The molecule has 0 unspecified atom stereocenters. The Labute approximate surface area is 123 Å². The molecule has 0 saturated heterocycles. The van der Waals surface area contributed by atoms with E-state index in [2.05, 4.69) is 10.6 Å². The summed E-state index contributed by atoms with van der Waals surface area (Å²) in [5.41, 5.74) is 8.36. The van der Waals surface area contributed by atoms with Gasteiger partial charge in [0.2, 0.25) is 5.91 Å². The van der Waals surface area contributed by atoms with Crippen molar-refractivity contribution < 1.29 is 14.8 Å². The number of carbonyl (C=O) groups excluding carboxylic acids is 2. The predicted molar refractivity (Wildman–Crippen MR) is 79.8 cm³/mol. The molecule has 0 aromatic heterocycles. The molecule has 0 aliphatic carbocycles. The van der Waals surface area contributed by atoms with Crippen LogP contribution in [0.5, 0.6) is 0 Å². The Morgan fingerprint density at radius 1 is 1.05 bits per heavy atom. The minimum Gasteiger partial charge on any atom is -0.399 e. The maximum absolute atomic E-state index is 11.8. The second-order valence-corrected chi connectivity index (χ2v) is 4.62. The zero-order valence-corrected chi connectivity index (χ0v) is 11.9. The fourth-order valence-electron chi connectivity index (χ4n) is 1.72. The third kappa shape index (κ3) is 7.28. The van der Waals surface area contributed by atoms with Gasteiger partial charge in [0.05, 0.1) is 0 Å². The van der Waals surface area contributed by atoms with Gasteiger partial charge in [0, 0.05) is 30.8 Å². The lowest BCUT2D eigenvalue weighted by Gasteiger charge is -2.07. The van der Waals surface area contributed by atoms with Gasteiger partial charge < -0.3 is 16.4 Å². The third-order valence-electron chi connectivity index (χ3n) is 2.89. The second-order valence-electron chi connectivity index (χ2n) is 4.62. The summed E-state index contributed by atoms with van der Waals surface area (Å²) in [4.78, 5) is 22.5. The van der Waals surface area contributed by atoms with E-state index in [1.54, 1.807) is 29.7 Å². The first-order chi connectivity index (χ1) is 10.1. The highest BCUT2D eigenvalue weighted by molar-refractivity contribution is 5.94. The van der Waals surface area contributed by atoms with E-state index in [9.17, 15) is 9.59 Å². The molecular weight excluding hydrogens is 272 g/mol. The quantitative estimate of drug-likeness (QED) is 0.194. The van der Waals surface area contributed by atoms with Crippen molar-refractivity contribution in [3.63, 3.8) is 0 Å². The lowest BCUT2D eigenvalue weighted by molar-refractivity contribution is -0.129. The van der Waals surface area contributed by atoms with Crippen molar-refractivity contribution in [2.45, 2.75) is 19.3 Å². The average Bonchev–Trinajstić information content (AvgIpc) is 2.50. The van der Waals surface area contributed by atoms with Gasteiger partial charge in [-0.25, -0.2) is 5.48 Å². The molecule has 7 nitrogen and oxygen atoms in total. The molecule has 0 bridgehead atoms. The van der Waals surface area contributed by atoms with Crippen LogP contribution in [0.25, 0.3) is 0 Å². The molecule has 0 heterocycles. The first-order valence-electron chi connectivity index (χ1n) is 6.91. The number of nitrogen functional groups attached to an aromatic ring is 1. The number of hydrogen-bond donors (Lipinski definition) is 5. The summed E-state index contributed by atoms with van der Waals surface area (Å²) in [7, 11) is 0. The summed E-state index contributed by atoms with van der Waals surface area (Å²) in [6.07, 6.45) is 1.85. The van der Waals surface area contributed by atoms with E-state index >= 15 is 0 Å². The summed E-state index contributed by atoms with van der Waals surface area (Å²) in [5, 5.41) is 14.3. The van der Waals surface area contributed by atoms with E-state index < -0.39 is 0 Å². The van der Waals surface area contributed by atoms with Crippen molar-refractivity contribution in [2.24, 2.45) is 0 Å². The molecule has 21 heavy (non-hydrogen) atoms. The van der Waals surface area contributed by atoms with Gasteiger partial charge in [-0.1, -0.05) is 0 Å².